The maximum Gasteiger partial charge on any atom is 0.223 e. The fourth-order valence-electron chi connectivity index (χ4n) is 1.78. The molecular formula is C11H13N5O. The van der Waals surface area contributed by atoms with E-state index >= 15 is 0 Å². The second-order valence-corrected chi connectivity index (χ2v) is 3.90. The normalized spacial score (nSPS) is 10.5. The number of anilines is 1. The van der Waals surface area contributed by atoms with E-state index in [9.17, 15) is 0 Å². The number of aryl methyl sites for hydroxylation is 1. The molecule has 2 heterocycles. The number of rotatable bonds is 2. The first kappa shape index (κ1) is 11.2. The Hall–Kier alpha value is -2.29. The van der Waals surface area contributed by atoms with Crippen LogP contribution in [0.5, 0.6) is 0 Å². The molecule has 0 atom stereocenters. The highest BCUT2D eigenvalue weighted by Crippen LogP contribution is 2.23. The van der Waals surface area contributed by atoms with Crippen molar-refractivity contribution in [2.75, 3.05) is 5.73 Å². The summed E-state index contributed by atoms with van der Waals surface area (Å²) in [6, 6.07) is 2.11. The standard InChI is InChI=1S/C11H13N5O/c1-6-7(2)16(11(13)9(6)4-12)5-10-14-8(3)17-15-10/h5,13H2,1-3H3. The third-order valence-corrected chi connectivity index (χ3v) is 2.85. The van der Waals surface area contributed by atoms with E-state index < -0.39 is 0 Å². The number of hydrogen-bond donors (Lipinski definition) is 1. The van der Waals surface area contributed by atoms with Gasteiger partial charge in [0.05, 0.1) is 12.1 Å². The third kappa shape index (κ3) is 1.76. The van der Waals surface area contributed by atoms with Gasteiger partial charge in [-0.25, -0.2) is 0 Å². The van der Waals surface area contributed by atoms with Crippen molar-refractivity contribution < 1.29 is 4.52 Å². The van der Waals surface area contributed by atoms with E-state index in [-0.39, 0.29) is 0 Å². The number of nitriles is 1. The van der Waals surface area contributed by atoms with Crippen LogP contribution >= 0.6 is 0 Å². The maximum atomic E-state index is 9.01. The minimum absolute atomic E-state index is 0.414. The molecule has 0 fully saturated rings. The summed E-state index contributed by atoms with van der Waals surface area (Å²) < 4.78 is 6.72. The highest BCUT2D eigenvalue weighted by molar-refractivity contribution is 5.57. The minimum Gasteiger partial charge on any atom is -0.384 e. The van der Waals surface area contributed by atoms with Crippen molar-refractivity contribution in [1.29, 1.82) is 5.26 Å². The van der Waals surface area contributed by atoms with Gasteiger partial charge in [0.25, 0.3) is 0 Å². The van der Waals surface area contributed by atoms with Crippen molar-refractivity contribution >= 4 is 5.82 Å². The molecule has 0 aliphatic carbocycles. The molecule has 17 heavy (non-hydrogen) atoms. The van der Waals surface area contributed by atoms with Gasteiger partial charge in [0.1, 0.15) is 11.9 Å². The molecule has 6 heteroatoms. The fourth-order valence-corrected chi connectivity index (χ4v) is 1.78. The summed E-state index contributed by atoms with van der Waals surface area (Å²) in [5.74, 6) is 1.52. The molecule has 88 valence electrons. The van der Waals surface area contributed by atoms with Gasteiger partial charge >= 0.3 is 0 Å². The van der Waals surface area contributed by atoms with Crippen molar-refractivity contribution in [3.05, 3.63) is 28.5 Å². The second-order valence-electron chi connectivity index (χ2n) is 3.90. The fraction of sp³-hybridized carbons (Fsp3) is 0.364. The van der Waals surface area contributed by atoms with E-state index in [1.54, 1.807) is 6.92 Å². The zero-order chi connectivity index (χ0) is 12.6. The smallest absolute Gasteiger partial charge is 0.223 e. The lowest BCUT2D eigenvalue weighted by molar-refractivity contribution is 0.386. The third-order valence-electron chi connectivity index (χ3n) is 2.85. The van der Waals surface area contributed by atoms with E-state index in [1.807, 2.05) is 18.4 Å². The van der Waals surface area contributed by atoms with E-state index in [1.165, 1.54) is 0 Å². The highest BCUT2D eigenvalue weighted by atomic mass is 16.5. The van der Waals surface area contributed by atoms with Gasteiger partial charge in [-0.2, -0.15) is 10.2 Å². The van der Waals surface area contributed by atoms with Crippen LogP contribution in [0, 0.1) is 32.1 Å². The Balaban J connectivity index is 2.44. The van der Waals surface area contributed by atoms with E-state index in [4.69, 9.17) is 15.5 Å². The SMILES string of the molecule is Cc1nc(Cn2c(C)c(C)c(C#N)c2N)no1. The van der Waals surface area contributed by atoms with Crippen LogP contribution in [-0.2, 0) is 6.54 Å². The van der Waals surface area contributed by atoms with Crippen LogP contribution in [0.4, 0.5) is 5.82 Å². The minimum atomic E-state index is 0.414. The number of aromatic nitrogens is 3. The molecular weight excluding hydrogens is 218 g/mol. The largest absolute Gasteiger partial charge is 0.384 e. The Morgan fingerprint density at radius 3 is 2.59 bits per heavy atom. The van der Waals surface area contributed by atoms with Crippen molar-refractivity contribution in [3.63, 3.8) is 0 Å². The zero-order valence-electron chi connectivity index (χ0n) is 9.98. The molecule has 0 aromatic carbocycles. The van der Waals surface area contributed by atoms with Crippen LogP contribution in [-0.4, -0.2) is 14.7 Å². The molecule has 2 rings (SSSR count). The Morgan fingerprint density at radius 2 is 2.12 bits per heavy atom. The van der Waals surface area contributed by atoms with Crippen LogP contribution in [0.1, 0.15) is 28.5 Å². The summed E-state index contributed by atoms with van der Waals surface area (Å²) in [6.07, 6.45) is 0. The second kappa shape index (κ2) is 3.94. The molecule has 6 nitrogen and oxygen atoms in total. The molecule has 0 saturated heterocycles. The predicted octanol–water partition coefficient (Wildman–Crippen LogP) is 1.30. The highest BCUT2D eigenvalue weighted by Gasteiger charge is 2.16. The first-order chi connectivity index (χ1) is 8.04. The van der Waals surface area contributed by atoms with E-state index in [0.717, 1.165) is 11.3 Å². The molecule has 0 aliphatic heterocycles. The van der Waals surface area contributed by atoms with E-state index in [2.05, 4.69) is 16.2 Å². The van der Waals surface area contributed by atoms with Gasteiger partial charge in [0.15, 0.2) is 5.82 Å². The molecule has 0 saturated carbocycles. The van der Waals surface area contributed by atoms with Crippen molar-refractivity contribution in [3.8, 4) is 6.07 Å². The average Bonchev–Trinajstić information content (AvgIpc) is 2.78. The van der Waals surface area contributed by atoms with Crippen molar-refractivity contribution in [1.82, 2.24) is 14.7 Å². The Bertz CT molecular complexity index is 602. The van der Waals surface area contributed by atoms with Gasteiger partial charge in [-0.1, -0.05) is 5.16 Å². The molecule has 2 aromatic heterocycles. The maximum absolute atomic E-state index is 9.01. The zero-order valence-corrected chi connectivity index (χ0v) is 9.98. The van der Waals surface area contributed by atoms with Gasteiger partial charge in [-0.15, -0.1) is 0 Å². The monoisotopic (exact) mass is 231 g/mol. The topological polar surface area (TPSA) is 93.7 Å². The van der Waals surface area contributed by atoms with Crippen molar-refractivity contribution in [2.24, 2.45) is 0 Å². The van der Waals surface area contributed by atoms with Crippen LogP contribution in [0.25, 0.3) is 0 Å². The van der Waals surface area contributed by atoms with Gasteiger partial charge < -0.3 is 14.8 Å². The van der Waals surface area contributed by atoms with Crippen LogP contribution in [0.15, 0.2) is 4.52 Å². The number of nitrogen functional groups attached to an aromatic ring is 1. The molecule has 0 aliphatic rings. The lowest BCUT2D eigenvalue weighted by Gasteiger charge is -2.05. The number of nitrogens with two attached hydrogens (primary N) is 1. The Labute approximate surface area is 98.6 Å². The van der Waals surface area contributed by atoms with Gasteiger partial charge in [-0.3, -0.25) is 0 Å². The predicted molar refractivity (Wildman–Crippen MR) is 61.2 cm³/mol. The van der Waals surface area contributed by atoms with Gasteiger partial charge in [-0.05, 0) is 19.4 Å². The summed E-state index contributed by atoms with van der Waals surface area (Å²) in [5, 5.41) is 12.8. The molecule has 2 N–H and O–H groups in total. The van der Waals surface area contributed by atoms with Crippen molar-refractivity contribution in [2.45, 2.75) is 27.3 Å². The lowest BCUT2D eigenvalue weighted by Crippen LogP contribution is -2.07. The molecule has 0 bridgehead atoms. The molecule has 0 amide bonds. The molecule has 0 unspecified atom stereocenters. The summed E-state index contributed by atoms with van der Waals surface area (Å²) in [4.78, 5) is 4.12. The summed E-state index contributed by atoms with van der Waals surface area (Å²) in [6.45, 7) is 5.94. The van der Waals surface area contributed by atoms with Crippen LogP contribution in [0.2, 0.25) is 0 Å². The van der Waals surface area contributed by atoms with Gasteiger partial charge in [0, 0.05) is 12.6 Å². The Kier molecular flexibility index (Phi) is 2.60. The first-order valence-electron chi connectivity index (χ1n) is 5.19. The van der Waals surface area contributed by atoms with Crippen LogP contribution < -0.4 is 5.73 Å². The first-order valence-corrected chi connectivity index (χ1v) is 5.19. The van der Waals surface area contributed by atoms with Crippen LogP contribution in [0.3, 0.4) is 0 Å². The van der Waals surface area contributed by atoms with E-state index in [0.29, 0.717) is 29.6 Å². The number of nitrogens with zero attached hydrogens (tertiary/aromatic N) is 4. The average molecular weight is 231 g/mol. The summed E-state index contributed by atoms with van der Waals surface area (Å²) >= 11 is 0. The Morgan fingerprint density at radius 1 is 1.41 bits per heavy atom. The molecule has 0 radical (unpaired) electrons. The summed E-state index contributed by atoms with van der Waals surface area (Å²) in [7, 11) is 0. The quantitative estimate of drug-likeness (QED) is 0.840. The number of hydrogen-bond acceptors (Lipinski definition) is 5. The lowest BCUT2D eigenvalue weighted by atomic mass is 10.2. The molecule has 0 spiro atoms. The van der Waals surface area contributed by atoms with Gasteiger partial charge in [0.2, 0.25) is 5.89 Å². The molecule has 2 aromatic rings. The summed E-state index contributed by atoms with van der Waals surface area (Å²) in [5.41, 5.74) is 8.28.